The van der Waals surface area contributed by atoms with Crippen molar-refractivity contribution in [3.63, 3.8) is 0 Å². The van der Waals surface area contributed by atoms with Crippen LogP contribution in [-0.4, -0.2) is 50.4 Å². The predicted molar refractivity (Wildman–Crippen MR) is 139 cm³/mol. The minimum absolute atomic E-state index is 0.148. The second kappa shape index (κ2) is 10.8. The average molecular weight is 465 g/mol. The molecule has 2 heterocycles. The largest absolute Gasteiger partial charge is 0.336 e. The number of hydrogen-bond donors (Lipinski definition) is 0. The number of benzene rings is 1. The number of carbonyl (C=O) groups excluding carboxylic acids is 1. The molecular weight excluding hydrogens is 420 g/mol. The molecule has 1 aliphatic heterocycles. The van der Waals surface area contributed by atoms with E-state index >= 15 is 0 Å². The smallest absolute Gasteiger partial charge is 0.227 e. The van der Waals surface area contributed by atoms with Crippen molar-refractivity contribution < 1.29 is 4.79 Å². The van der Waals surface area contributed by atoms with Crippen LogP contribution in [0.1, 0.15) is 103 Å². The van der Waals surface area contributed by atoms with Crippen LogP contribution in [0.2, 0.25) is 0 Å². The Bertz CT molecular complexity index is 936. The summed E-state index contributed by atoms with van der Waals surface area (Å²) in [5.41, 5.74) is 2.30. The van der Waals surface area contributed by atoms with Gasteiger partial charge in [0.15, 0.2) is 0 Å². The number of nitrogens with zero attached hydrogens (tertiary/aromatic N) is 4. The quantitative estimate of drug-likeness (QED) is 0.502. The number of likely N-dealkylation sites (tertiary alicyclic amines) is 1. The number of para-hydroxylation sites is 2. The minimum atomic E-state index is 0.148. The maximum atomic E-state index is 14.1. The minimum Gasteiger partial charge on any atom is -0.336 e. The Hall–Kier alpha value is -1.88. The van der Waals surface area contributed by atoms with Crippen LogP contribution in [0.4, 0.5) is 0 Å². The second-order valence-corrected chi connectivity index (χ2v) is 11.4. The molecule has 2 aliphatic carbocycles. The Morgan fingerprint density at radius 1 is 0.941 bits per heavy atom. The van der Waals surface area contributed by atoms with E-state index in [0.717, 1.165) is 43.8 Å². The number of amides is 1. The van der Waals surface area contributed by atoms with Crippen LogP contribution in [0.5, 0.6) is 0 Å². The summed E-state index contributed by atoms with van der Waals surface area (Å²) in [5, 5.41) is 0. The van der Waals surface area contributed by atoms with E-state index in [9.17, 15) is 4.79 Å². The van der Waals surface area contributed by atoms with Crippen molar-refractivity contribution in [3.8, 4) is 0 Å². The van der Waals surface area contributed by atoms with Crippen molar-refractivity contribution in [3.05, 3.63) is 30.1 Å². The summed E-state index contributed by atoms with van der Waals surface area (Å²) in [6.07, 6.45) is 14.9. The maximum Gasteiger partial charge on any atom is 0.227 e. The Balaban J connectivity index is 1.32. The zero-order valence-corrected chi connectivity index (χ0v) is 21.4. The number of piperidine rings is 1. The lowest BCUT2D eigenvalue weighted by molar-refractivity contribution is -0.144. The van der Waals surface area contributed by atoms with Crippen molar-refractivity contribution in [1.82, 2.24) is 19.4 Å². The van der Waals surface area contributed by atoms with Crippen LogP contribution >= 0.6 is 0 Å². The highest BCUT2D eigenvalue weighted by molar-refractivity contribution is 5.80. The Kier molecular flexibility index (Phi) is 7.58. The number of aromatic nitrogens is 2. The monoisotopic (exact) mass is 464 g/mol. The molecule has 34 heavy (non-hydrogen) atoms. The highest BCUT2D eigenvalue weighted by Gasteiger charge is 2.37. The number of hydrogen-bond acceptors (Lipinski definition) is 3. The molecular formula is C29H44N4O. The van der Waals surface area contributed by atoms with E-state index in [4.69, 9.17) is 4.98 Å². The van der Waals surface area contributed by atoms with Gasteiger partial charge in [0, 0.05) is 24.7 Å². The van der Waals surface area contributed by atoms with Crippen molar-refractivity contribution in [1.29, 1.82) is 0 Å². The molecule has 0 N–H and O–H groups in total. The molecule has 5 rings (SSSR count). The molecule has 1 amide bonds. The SMILES string of the molecule is CC(C)n1c(CN2CCC[C@@H](C(=O)N(C3CCCCC3)C3CCCCC3)C2)nc2ccccc21. The van der Waals surface area contributed by atoms with Gasteiger partial charge in [0.05, 0.1) is 23.5 Å². The molecule has 3 aliphatic rings. The molecule has 186 valence electrons. The molecule has 0 unspecified atom stereocenters. The third-order valence-corrected chi connectivity index (χ3v) is 8.60. The fourth-order valence-electron chi connectivity index (χ4n) is 6.97. The van der Waals surface area contributed by atoms with Crippen molar-refractivity contribution >= 4 is 16.9 Å². The van der Waals surface area contributed by atoms with Crippen LogP contribution < -0.4 is 0 Å². The summed E-state index contributed by atoms with van der Waals surface area (Å²) in [6, 6.07) is 9.83. The van der Waals surface area contributed by atoms with E-state index in [1.165, 1.54) is 69.7 Å². The van der Waals surface area contributed by atoms with Gasteiger partial charge in [0.1, 0.15) is 5.82 Å². The number of carbonyl (C=O) groups is 1. The Labute approximate surface area is 205 Å². The third kappa shape index (κ3) is 5.05. The highest BCUT2D eigenvalue weighted by Crippen LogP contribution is 2.33. The van der Waals surface area contributed by atoms with Gasteiger partial charge in [0.2, 0.25) is 5.91 Å². The Morgan fingerprint density at radius 3 is 2.24 bits per heavy atom. The summed E-state index contributed by atoms with van der Waals surface area (Å²) in [7, 11) is 0. The molecule has 3 fully saturated rings. The molecule has 0 radical (unpaired) electrons. The van der Waals surface area contributed by atoms with Crippen LogP contribution in [-0.2, 0) is 11.3 Å². The summed E-state index contributed by atoms with van der Waals surface area (Å²) in [4.78, 5) is 24.0. The van der Waals surface area contributed by atoms with Crippen LogP contribution in [0, 0.1) is 5.92 Å². The van der Waals surface area contributed by atoms with Gasteiger partial charge in [0.25, 0.3) is 0 Å². The molecule has 2 aromatic rings. The normalized spacial score (nSPS) is 23.6. The van der Waals surface area contributed by atoms with Gasteiger partial charge in [-0.25, -0.2) is 4.98 Å². The molecule has 0 spiro atoms. The maximum absolute atomic E-state index is 14.1. The summed E-state index contributed by atoms with van der Waals surface area (Å²) in [5.74, 6) is 1.76. The molecule has 0 bridgehead atoms. The molecule has 1 atom stereocenters. The fraction of sp³-hybridized carbons (Fsp3) is 0.724. The first-order valence-electron chi connectivity index (χ1n) is 14.1. The van der Waals surface area contributed by atoms with Gasteiger partial charge in [-0.3, -0.25) is 9.69 Å². The predicted octanol–water partition coefficient (Wildman–Crippen LogP) is 6.32. The van der Waals surface area contributed by atoms with Gasteiger partial charge in [-0.2, -0.15) is 0 Å². The lowest BCUT2D eigenvalue weighted by Gasteiger charge is -2.44. The first-order chi connectivity index (χ1) is 16.6. The highest BCUT2D eigenvalue weighted by atomic mass is 16.2. The number of fused-ring (bicyclic) bond motifs is 1. The average Bonchev–Trinajstić information content (AvgIpc) is 3.23. The van der Waals surface area contributed by atoms with Gasteiger partial charge < -0.3 is 9.47 Å². The van der Waals surface area contributed by atoms with Crippen LogP contribution in [0.3, 0.4) is 0 Å². The second-order valence-electron chi connectivity index (χ2n) is 11.4. The topological polar surface area (TPSA) is 41.4 Å². The number of imidazole rings is 1. The van der Waals surface area contributed by atoms with E-state index in [2.05, 4.69) is 52.5 Å². The lowest BCUT2D eigenvalue weighted by atomic mass is 9.86. The molecule has 1 aromatic heterocycles. The first-order valence-corrected chi connectivity index (χ1v) is 14.1. The lowest BCUT2D eigenvalue weighted by Crippen LogP contribution is -2.53. The van der Waals surface area contributed by atoms with Gasteiger partial charge in [-0.15, -0.1) is 0 Å². The molecule has 2 saturated carbocycles. The summed E-state index contributed by atoms with van der Waals surface area (Å²) in [6.45, 7) is 7.27. The summed E-state index contributed by atoms with van der Waals surface area (Å²) < 4.78 is 2.39. The molecule has 5 heteroatoms. The van der Waals surface area contributed by atoms with Gasteiger partial charge >= 0.3 is 0 Å². The molecule has 1 saturated heterocycles. The standard InChI is InChI=1S/C29H44N4O/c1-22(2)32-27-18-10-9-17-26(27)30-28(32)21-31-19-11-12-23(20-31)29(34)33(24-13-5-3-6-14-24)25-15-7-4-8-16-25/h9-10,17-18,22-25H,3-8,11-16,19-21H2,1-2H3/t23-/m1/s1. The van der Waals surface area contributed by atoms with Gasteiger partial charge in [-0.1, -0.05) is 50.7 Å². The van der Waals surface area contributed by atoms with Gasteiger partial charge in [-0.05, 0) is 71.0 Å². The van der Waals surface area contributed by atoms with Crippen LogP contribution in [0.15, 0.2) is 24.3 Å². The fourth-order valence-corrected chi connectivity index (χ4v) is 6.97. The zero-order valence-electron chi connectivity index (χ0n) is 21.4. The first kappa shape index (κ1) is 23.8. The molecule has 1 aromatic carbocycles. The summed E-state index contributed by atoms with van der Waals surface area (Å²) >= 11 is 0. The Morgan fingerprint density at radius 2 is 1.59 bits per heavy atom. The molecule has 5 nitrogen and oxygen atoms in total. The van der Waals surface area contributed by atoms with Crippen molar-refractivity contribution in [2.24, 2.45) is 5.92 Å². The van der Waals surface area contributed by atoms with Crippen molar-refractivity contribution in [2.45, 2.75) is 116 Å². The third-order valence-electron chi connectivity index (χ3n) is 8.60. The van der Waals surface area contributed by atoms with E-state index in [1.54, 1.807) is 0 Å². The van der Waals surface area contributed by atoms with E-state index in [0.29, 0.717) is 24.0 Å². The number of rotatable bonds is 6. The van der Waals surface area contributed by atoms with E-state index in [-0.39, 0.29) is 5.92 Å². The van der Waals surface area contributed by atoms with Crippen molar-refractivity contribution in [2.75, 3.05) is 13.1 Å². The van der Waals surface area contributed by atoms with Crippen LogP contribution in [0.25, 0.3) is 11.0 Å². The zero-order chi connectivity index (χ0) is 23.5. The van der Waals surface area contributed by atoms with E-state index < -0.39 is 0 Å². The van der Waals surface area contributed by atoms with E-state index in [1.807, 2.05) is 0 Å².